The molecule has 4 aliphatic rings. The Labute approximate surface area is 160 Å². The number of hydrogen-bond donors (Lipinski definition) is 0. The van der Waals surface area contributed by atoms with Crippen LogP contribution in [0.5, 0.6) is 0 Å². The molecule has 3 aliphatic carbocycles. The Morgan fingerprint density at radius 3 is 2.44 bits per heavy atom. The SMILES string of the molecule is CN1C(=O)N(CC(=O)c2ccccc2)C(=O)C1(C)[C@H]1CC[C@H]2C=C[C@@H]1CC2. The molecule has 5 rings (SSSR count). The maximum absolute atomic E-state index is 13.4. The van der Waals surface area contributed by atoms with Crippen molar-refractivity contribution in [2.24, 2.45) is 17.8 Å². The molecule has 3 amide bonds. The van der Waals surface area contributed by atoms with Crippen molar-refractivity contribution in [2.45, 2.75) is 38.1 Å². The minimum absolute atomic E-state index is 0.0968. The van der Waals surface area contributed by atoms with Gasteiger partial charge >= 0.3 is 6.03 Å². The van der Waals surface area contributed by atoms with Gasteiger partial charge in [-0.1, -0.05) is 42.5 Å². The molecule has 1 aliphatic heterocycles. The fourth-order valence-electron chi connectivity index (χ4n) is 5.07. The predicted molar refractivity (Wildman–Crippen MR) is 102 cm³/mol. The predicted octanol–water partition coefficient (Wildman–Crippen LogP) is 3.51. The number of carbonyl (C=O) groups is 3. The molecule has 2 fully saturated rings. The lowest BCUT2D eigenvalue weighted by Crippen LogP contribution is -2.53. The second kappa shape index (κ2) is 6.63. The van der Waals surface area contributed by atoms with Crippen LogP contribution in [0.2, 0.25) is 0 Å². The van der Waals surface area contributed by atoms with Crippen LogP contribution in [-0.4, -0.2) is 46.7 Å². The molecule has 2 bridgehead atoms. The second-order valence-electron chi connectivity index (χ2n) is 8.24. The molecule has 5 nitrogen and oxygen atoms in total. The number of amides is 3. The number of imide groups is 1. The van der Waals surface area contributed by atoms with Crippen molar-refractivity contribution in [1.82, 2.24) is 9.80 Å². The van der Waals surface area contributed by atoms with Crippen molar-refractivity contribution < 1.29 is 14.4 Å². The van der Waals surface area contributed by atoms with E-state index in [9.17, 15) is 14.4 Å². The molecule has 0 radical (unpaired) electrons. The van der Waals surface area contributed by atoms with Gasteiger partial charge in [0, 0.05) is 12.6 Å². The van der Waals surface area contributed by atoms with Crippen LogP contribution in [0, 0.1) is 17.8 Å². The summed E-state index contributed by atoms with van der Waals surface area (Å²) in [6.07, 6.45) is 8.76. The first-order valence-electron chi connectivity index (χ1n) is 9.79. The number of urea groups is 1. The summed E-state index contributed by atoms with van der Waals surface area (Å²) in [5.74, 6) is 0.569. The molecule has 1 saturated heterocycles. The Morgan fingerprint density at radius 2 is 1.78 bits per heavy atom. The van der Waals surface area contributed by atoms with E-state index in [1.807, 2.05) is 13.0 Å². The first-order valence-corrected chi connectivity index (χ1v) is 9.79. The largest absolute Gasteiger partial charge is 0.327 e. The van der Waals surface area contributed by atoms with Gasteiger partial charge in [-0.15, -0.1) is 0 Å². The van der Waals surface area contributed by atoms with Gasteiger partial charge in [-0.2, -0.15) is 0 Å². The highest BCUT2D eigenvalue weighted by Gasteiger charge is 2.58. The summed E-state index contributed by atoms with van der Waals surface area (Å²) in [5.41, 5.74) is -0.368. The van der Waals surface area contributed by atoms with Gasteiger partial charge in [-0.25, -0.2) is 4.79 Å². The van der Waals surface area contributed by atoms with Gasteiger partial charge in [0.15, 0.2) is 5.78 Å². The van der Waals surface area contributed by atoms with Crippen LogP contribution in [0.3, 0.4) is 0 Å². The molecule has 0 N–H and O–H groups in total. The number of Topliss-reactive ketones (excluding diaryl/α,β-unsaturated/α-hetero) is 1. The van der Waals surface area contributed by atoms with E-state index in [4.69, 9.17) is 0 Å². The molecular weight excluding hydrogens is 340 g/mol. The lowest BCUT2D eigenvalue weighted by Gasteiger charge is -2.39. The molecule has 4 atom stereocenters. The molecule has 0 spiro atoms. The number of ketones is 1. The summed E-state index contributed by atoms with van der Waals surface area (Å²) < 4.78 is 0. The number of carbonyl (C=O) groups excluding carboxylic acids is 3. The Morgan fingerprint density at radius 1 is 1.07 bits per heavy atom. The van der Waals surface area contributed by atoms with Crippen molar-refractivity contribution in [3.05, 3.63) is 48.0 Å². The maximum atomic E-state index is 13.4. The van der Waals surface area contributed by atoms with Crippen molar-refractivity contribution >= 4 is 17.7 Å². The zero-order chi connectivity index (χ0) is 19.2. The van der Waals surface area contributed by atoms with E-state index in [2.05, 4.69) is 12.2 Å². The van der Waals surface area contributed by atoms with E-state index >= 15 is 0 Å². The van der Waals surface area contributed by atoms with Gasteiger partial charge in [-0.3, -0.25) is 14.5 Å². The smallest absolute Gasteiger partial charge is 0.313 e. The maximum Gasteiger partial charge on any atom is 0.327 e. The average molecular weight is 366 g/mol. The van der Waals surface area contributed by atoms with Crippen LogP contribution in [-0.2, 0) is 4.79 Å². The lowest BCUT2D eigenvalue weighted by molar-refractivity contribution is -0.135. The van der Waals surface area contributed by atoms with Gasteiger partial charge < -0.3 is 4.90 Å². The number of nitrogens with zero attached hydrogens (tertiary/aromatic N) is 2. The Hall–Kier alpha value is -2.43. The Kier molecular flexibility index (Phi) is 4.41. The third kappa shape index (κ3) is 2.80. The van der Waals surface area contributed by atoms with Crippen LogP contribution in [0.15, 0.2) is 42.5 Å². The summed E-state index contributed by atoms with van der Waals surface area (Å²) in [7, 11) is 1.70. The molecule has 5 heteroatoms. The monoisotopic (exact) mass is 366 g/mol. The van der Waals surface area contributed by atoms with E-state index in [1.165, 1.54) is 0 Å². The Balaban J connectivity index is 1.60. The van der Waals surface area contributed by atoms with Crippen molar-refractivity contribution in [1.29, 1.82) is 0 Å². The lowest BCUT2D eigenvalue weighted by atomic mass is 9.73. The first-order chi connectivity index (χ1) is 12.9. The zero-order valence-corrected chi connectivity index (χ0v) is 15.9. The van der Waals surface area contributed by atoms with Crippen LogP contribution >= 0.6 is 0 Å². The third-order valence-corrected chi connectivity index (χ3v) is 6.88. The number of likely N-dealkylation sites (N-methyl/N-ethyl adjacent to an activating group) is 1. The first kappa shape index (κ1) is 18.0. The number of rotatable bonds is 4. The van der Waals surface area contributed by atoms with E-state index in [1.54, 1.807) is 36.2 Å². The minimum Gasteiger partial charge on any atom is -0.313 e. The number of allylic oxidation sites excluding steroid dienone is 2. The van der Waals surface area contributed by atoms with Crippen molar-refractivity contribution in [3.8, 4) is 0 Å². The fraction of sp³-hybridized carbons (Fsp3) is 0.500. The van der Waals surface area contributed by atoms with Crippen molar-refractivity contribution in [2.75, 3.05) is 13.6 Å². The van der Waals surface area contributed by atoms with Crippen LogP contribution < -0.4 is 0 Å². The summed E-state index contributed by atoms with van der Waals surface area (Å²) in [4.78, 5) is 41.6. The summed E-state index contributed by atoms with van der Waals surface area (Å²) >= 11 is 0. The highest BCUT2D eigenvalue weighted by atomic mass is 16.2. The standard InChI is InChI=1S/C22H26N2O3/c1-22(18-13-10-15-8-11-16(18)12-9-15)20(26)24(21(27)23(22)2)14-19(25)17-6-4-3-5-7-17/h3-8,11,15-16,18H,9-10,12-14H2,1-2H3/t15-,16+,18-,22?/m0/s1. The molecule has 142 valence electrons. The number of fused-ring (bicyclic) bond motifs is 3. The van der Waals surface area contributed by atoms with E-state index < -0.39 is 5.54 Å². The molecule has 1 saturated carbocycles. The molecular formula is C22H26N2O3. The molecule has 0 aromatic heterocycles. The third-order valence-electron chi connectivity index (χ3n) is 6.88. The quantitative estimate of drug-likeness (QED) is 0.465. The van der Waals surface area contributed by atoms with Crippen LogP contribution in [0.25, 0.3) is 0 Å². The minimum atomic E-state index is -0.887. The molecule has 1 aromatic carbocycles. The molecule has 1 unspecified atom stereocenters. The second-order valence-corrected chi connectivity index (χ2v) is 8.24. The van der Waals surface area contributed by atoms with Crippen LogP contribution in [0.1, 0.15) is 43.0 Å². The van der Waals surface area contributed by atoms with E-state index in [0.717, 1.165) is 30.6 Å². The summed E-state index contributed by atoms with van der Waals surface area (Å²) in [6.45, 7) is 1.69. The summed E-state index contributed by atoms with van der Waals surface area (Å²) in [6, 6.07) is 8.46. The average Bonchev–Trinajstić information content (AvgIpc) is 2.96. The zero-order valence-electron chi connectivity index (χ0n) is 15.9. The Bertz CT molecular complexity index is 803. The van der Waals surface area contributed by atoms with Gasteiger partial charge in [0.1, 0.15) is 5.54 Å². The normalized spacial score (nSPS) is 32.9. The molecule has 1 heterocycles. The van der Waals surface area contributed by atoms with E-state index in [-0.39, 0.29) is 30.2 Å². The van der Waals surface area contributed by atoms with Gasteiger partial charge in [0.05, 0.1) is 6.54 Å². The van der Waals surface area contributed by atoms with Crippen molar-refractivity contribution in [3.63, 3.8) is 0 Å². The number of hydrogen-bond acceptors (Lipinski definition) is 3. The van der Waals surface area contributed by atoms with Gasteiger partial charge in [0.2, 0.25) is 0 Å². The topological polar surface area (TPSA) is 57.7 Å². The fourth-order valence-corrected chi connectivity index (χ4v) is 5.07. The van der Waals surface area contributed by atoms with Gasteiger partial charge in [-0.05, 0) is 50.4 Å². The highest BCUT2D eigenvalue weighted by molar-refractivity contribution is 6.11. The van der Waals surface area contributed by atoms with Gasteiger partial charge in [0.25, 0.3) is 5.91 Å². The molecule has 1 aromatic rings. The molecule has 27 heavy (non-hydrogen) atoms. The van der Waals surface area contributed by atoms with E-state index in [0.29, 0.717) is 17.4 Å². The number of benzene rings is 1. The highest BCUT2D eigenvalue weighted by Crippen LogP contribution is 2.47. The van der Waals surface area contributed by atoms with Crippen LogP contribution in [0.4, 0.5) is 4.79 Å². The summed E-state index contributed by atoms with van der Waals surface area (Å²) in [5, 5.41) is 0.